The zero-order valence-electron chi connectivity index (χ0n) is 18.4. The first-order valence-electron chi connectivity index (χ1n) is 11.4. The molecule has 1 fully saturated rings. The Bertz CT molecular complexity index is 863. The maximum Gasteiger partial charge on any atom is 0.118 e. The van der Waals surface area contributed by atoms with Gasteiger partial charge in [0.1, 0.15) is 11.9 Å². The van der Waals surface area contributed by atoms with Gasteiger partial charge in [-0.1, -0.05) is 85.6 Å². The smallest absolute Gasteiger partial charge is 0.118 e. The Morgan fingerprint density at radius 3 is 1.94 bits per heavy atom. The standard InChI is InChI=1S/C28H33NO2/c1-30-26-16-14-23(15-17-26)18-21-29-28(19-8-9-20-28)22-31-27(24-10-4-2-5-11-24)25-12-6-3-7-13-25/h2-7,10-17,27,29H,8-9,18-22H2,1H3. The largest absolute Gasteiger partial charge is 0.497 e. The second-order valence-electron chi connectivity index (χ2n) is 8.52. The van der Waals surface area contributed by atoms with E-state index >= 15 is 0 Å². The third kappa shape index (κ3) is 5.75. The monoisotopic (exact) mass is 415 g/mol. The Morgan fingerprint density at radius 1 is 0.806 bits per heavy atom. The molecule has 162 valence electrons. The van der Waals surface area contributed by atoms with Crippen molar-refractivity contribution in [3.63, 3.8) is 0 Å². The van der Waals surface area contributed by atoms with Crippen LogP contribution in [0.2, 0.25) is 0 Å². The summed E-state index contributed by atoms with van der Waals surface area (Å²) in [5.74, 6) is 0.908. The summed E-state index contributed by atoms with van der Waals surface area (Å²) in [7, 11) is 1.71. The number of ether oxygens (including phenoxy) is 2. The lowest BCUT2D eigenvalue weighted by atomic mass is 9.97. The van der Waals surface area contributed by atoms with E-state index in [2.05, 4.69) is 78.1 Å². The number of hydrogen-bond acceptors (Lipinski definition) is 3. The van der Waals surface area contributed by atoms with E-state index in [4.69, 9.17) is 9.47 Å². The van der Waals surface area contributed by atoms with Gasteiger partial charge in [-0.3, -0.25) is 0 Å². The predicted molar refractivity (Wildman–Crippen MR) is 127 cm³/mol. The van der Waals surface area contributed by atoms with Gasteiger partial charge in [0.15, 0.2) is 0 Å². The SMILES string of the molecule is COc1ccc(CCNC2(COC(c3ccccc3)c3ccccc3)CCCC2)cc1. The van der Waals surface area contributed by atoms with Gasteiger partial charge in [0.25, 0.3) is 0 Å². The molecule has 1 saturated carbocycles. The van der Waals surface area contributed by atoms with Crippen molar-refractivity contribution < 1.29 is 9.47 Å². The number of benzene rings is 3. The highest BCUT2D eigenvalue weighted by Crippen LogP contribution is 2.33. The minimum absolute atomic E-state index is 0.0386. The molecule has 1 N–H and O–H groups in total. The number of methoxy groups -OCH3 is 1. The average molecular weight is 416 g/mol. The molecule has 0 aliphatic heterocycles. The van der Waals surface area contributed by atoms with Gasteiger partial charge >= 0.3 is 0 Å². The molecule has 31 heavy (non-hydrogen) atoms. The van der Waals surface area contributed by atoms with E-state index in [-0.39, 0.29) is 11.6 Å². The Labute approximate surface area is 186 Å². The summed E-state index contributed by atoms with van der Waals surface area (Å²) in [4.78, 5) is 0. The van der Waals surface area contributed by atoms with Crippen LogP contribution in [-0.2, 0) is 11.2 Å². The molecular formula is C28H33NO2. The quantitative estimate of drug-likeness (QED) is 0.444. The lowest BCUT2D eigenvalue weighted by molar-refractivity contribution is 0.0297. The van der Waals surface area contributed by atoms with Crippen LogP contribution in [0.5, 0.6) is 5.75 Å². The van der Waals surface area contributed by atoms with E-state index in [9.17, 15) is 0 Å². The van der Waals surface area contributed by atoms with E-state index in [1.165, 1.54) is 42.4 Å². The van der Waals surface area contributed by atoms with Crippen molar-refractivity contribution in [2.24, 2.45) is 0 Å². The molecule has 0 amide bonds. The van der Waals surface area contributed by atoms with Gasteiger partial charge in [-0.05, 0) is 54.6 Å². The van der Waals surface area contributed by atoms with E-state index in [1.54, 1.807) is 7.11 Å². The Morgan fingerprint density at radius 2 is 1.39 bits per heavy atom. The Hall–Kier alpha value is -2.62. The molecule has 0 atom stereocenters. The minimum atomic E-state index is -0.0386. The molecule has 0 saturated heterocycles. The van der Waals surface area contributed by atoms with Crippen LogP contribution in [-0.4, -0.2) is 25.8 Å². The van der Waals surface area contributed by atoms with Crippen molar-refractivity contribution in [1.82, 2.24) is 5.32 Å². The van der Waals surface area contributed by atoms with Crippen LogP contribution in [0.15, 0.2) is 84.9 Å². The average Bonchev–Trinajstić information content (AvgIpc) is 3.30. The van der Waals surface area contributed by atoms with Gasteiger partial charge in [0.2, 0.25) is 0 Å². The molecule has 0 aromatic heterocycles. The molecule has 0 radical (unpaired) electrons. The molecule has 0 unspecified atom stereocenters. The summed E-state index contributed by atoms with van der Waals surface area (Å²) in [5.41, 5.74) is 3.81. The van der Waals surface area contributed by atoms with Crippen molar-refractivity contribution in [2.45, 2.75) is 43.7 Å². The maximum atomic E-state index is 6.66. The summed E-state index contributed by atoms with van der Waals surface area (Å²) in [5, 5.41) is 3.87. The van der Waals surface area contributed by atoms with E-state index in [1.807, 2.05) is 12.1 Å². The molecule has 3 heteroatoms. The van der Waals surface area contributed by atoms with Crippen LogP contribution in [0.25, 0.3) is 0 Å². The zero-order chi connectivity index (χ0) is 21.4. The van der Waals surface area contributed by atoms with Crippen molar-refractivity contribution in [2.75, 3.05) is 20.3 Å². The lowest BCUT2D eigenvalue weighted by Crippen LogP contribution is -2.48. The van der Waals surface area contributed by atoms with Crippen LogP contribution in [0.3, 0.4) is 0 Å². The topological polar surface area (TPSA) is 30.5 Å². The van der Waals surface area contributed by atoms with Gasteiger partial charge in [0, 0.05) is 5.54 Å². The second-order valence-corrected chi connectivity index (χ2v) is 8.52. The van der Waals surface area contributed by atoms with Gasteiger partial charge < -0.3 is 14.8 Å². The fraction of sp³-hybridized carbons (Fsp3) is 0.357. The summed E-state index contributed by atoms with van der Waals surface area (Å²) >= 11 is 0. The summed E-state index contributed by atoms with van der Waals surface area (Å²) in [6, 6.07) is 29.5. The molecule has 0 heterocycles. The molecule has 4 rings (SSSR count). The molecular weight excluding hydrogens is 382 g/mol. The first kappa shape index (κ1) is 21.6. The fourth-order valence-electron chi connectivity index (χ4n) is 4.57. The third-order valence-corrected chi connectivity index (χ3v) is 6.36. The third-order valence-electron chi connectivity index (χ3n) is 6.36. The molecule has 3 nitrogen and oxygen atoms in total. The highest BCUT2D eigenvalue weighted by molar-refractivity contribution is 5.30. The zero-order valence-corrected chi connectivity index (χ0v) is 18.4. The normalized spacial score (nSPS) is 15.3. The molecule has 1 aliphatic rings. The highest BCUT2D eigenvalue weighted by atomic mass is 16.5. The first-order chi connectivity index (χ1) is 15.3. The summed E-state index contributed by atoms with van der Waals surface area (Å²) in [6.07, 6.45) is 5.84. The number of hydrogen-bond donors (Lipinski definition) is 1. The molecule has 3 aromatic carbocycles. The van der Waals surface area contributed by atoms with Crippen molar-refractivity contribution >= 4 is 0 Å². The van der Waals surface area contributed by atoms with Crippen LogP contribution in [0.4, 0.5) is 0 Å². The molecule has 3 aromatic rings. The first-order valence-corrected chi connectivity index (χ1v) is 11.4. The molecule has 1 aliphatic carbocycles. The van der Waals surface area contributed by atoms with Crippen molar-refractivity contribution in [1.29, 1.82) is 0 Å². The van der Waals surface area contributed by atoms with Crippen LogP contribution < -0.4 is 10.1 Å². The van der Waals surface area contributed by atoms with Crippen molar-refractivity contribution in [3.8, 4) is 5.75 Å². The summed E-state index contributed by atoms with van der Waals surface area (Å²) < 4.78 is 11.9. The molecule has 0 bridgehead atoms. The lowest BCUT2D eigenvalue weighted by Gasteiger charge is -2.33. The minimum Gasteiger partial charge on any atom is -0.497 e. The number of rotatable bonds is 10. The number of nitrogens with one attached hydrogen (secondary N) is 1. The van der Waals surface area contributed by atoms with Gasteiger partial charge in [-0.15, -0.1) is 0 Å². The van der Waals surface area contributed by atoms with Crippen molar-refractivity contribution in [3.05, 3.63) is 102 Å². The van der Waals surface area contributed by atoms with Crippen LogP contribution in [0.1, 0.15) is 48.5 Å². The van der Waals surface area contributed by atoms with E-state index in [0.29, 0.717) is 0 Å². The highest BCUT2D eigenvalue weighted by Gasteiger charge is 2.34. The van der Waals surface area contributed by atoms with E-state index in [0.717, 1.165) is 25.3 Å². The fourth-order valence-corrected chi connectivity index (χ4v) is 4.57. The van der Waals surface area contributed by atoms with Gasteiger partial charge in [-0.2, -0.15) is 0 Å². The van der Waals surface area contributed by atoms with Gasteiger partial charge in [0.05, 0.1) is 13.7 Å². The van der Waals surface area contributed by atoms with Crippen LogP contribution >= 0.6 is 0 Å². The second kappa shape index (κ2) is 10.6. The Balaban J connectivity index is 1.41. The maximum absolute atomic E-state index is 6.66. The van der Waals surface area contributed by atoms with E-state index < -0.39 is 0 Å². The predicted octanol–water partition coefficient (Wildman–Crippen LogP) is 5.95. The summed E-state index contributed by atoms with van der Waals surface area (Å²) in [6.45, 7) is 1.68. The Kier molecular flexibility index (Phi) is 7.39. The van der Waals surface area contributed by atoms with Gasteiger partial charge in [-0.25, -0.2) is 0 Å². The van der Waals surface area contributed by atoms with Crippen LogP contribution in [0, 0.1) is 0 Å². The molecule has 0 spiro atoms.